The van der Waals surface area contributed by atoms with Crippen molar-refractivity contribution in [3.63, 3.8) is 0 Å². The molecule has 100 valence electrons. The number of hydrogen-bond donors (Lipinski definition) is 2. The minimum atomic E-state index is -0.787. The van der Waals surface area contributed by atoms with Gasteiger partial charge in [-0.15, -0.1) is 5.10 Å². The van der Waals surface area contributed by atoms with E-state index >= 15 is 0 Å². The highest BCUT2D eigenvalue weighted by molar-refractivity contribution is 5.75. The molecule has 0 saturated heterocycles. The van der Waals surface area contributed by atoms with Crippen molar-refractivity contribution in [3.8, 4) is 0 Å². The molecule has 1 heterocycles. The van der Waals surface area contributed by atoms with Gasteiger partial charge in [-0.2, -0.15) is 0 Å². The number of nitrogens with zero attached hydrogens (tertiary/aromatic N) is 4. The van der Waals surface area contributed by atoms with E-state index < -0.39 is 5.97 Å². The van der Waals surface area contributed by atoms with Crippen LogP contribution in [0.25, 0.3) is 0 Å². The first-order chi connectivity index (χ1) is 8.58. The van der Waals surface area contributed by atoms with E-state index in [0.717, 1.165) is 6.42 Å². The molecular weight excluding hydrogens is 238 g/mol. The van der Waals surface area contributed by atoms with Crippen molar-refractivity contribution in [2.24, 2.45) is 5.92 Å². The Morgan fingerprint density at radius 1 is 1.44 bits per heavy atom. The second-order valence-electron chi connectivity index (χ2n) is 4.18. The molecule has 0 aliphatic carbocycles. The van der Waals surface area contributed by atoms with E-state index in [1.54, 1.807) is 0 Å². The number of carboxylic acid groups (broad SMARTS) is 1. The highest BCUT2D eigenvalue weighted by Crippen LogP contribution is 2.08. The van der Waals surface area contributed by atoms with Crippen molar-refractivity contribution < 1.29 is 14.7 Å². The Morgan fingerprint density at radius 3 is 2.83 bits per heavy atom. The Labute approximate surface area is 104 Å². The molecule has 8 heteroatoms. The first-order valence-corrected chi connectivity index (χ1v) is 5.77. The predicted molar refractivity (Wildman–Crippen MR) is 61.5 cm³/mol. The molecule has 1 aromatic rings. The maximum absolute atomic E-state index is 11.4. The lowest BCUT2D eigenvalue weighted by molar-refractivity contribution is -0.137. The van der Waals surface area contributed by atoms with Gasteiger partial charge in [0.15, 0.2) is 0 Å². The summed E-state index contributed by atoms with van der Waals surface area (Å²) >= 11 is 0. The molecule has 0 radical (unpaired) electrons. The first kappa shape index (κ1) is 14.1. The standard InChI is InChI=1S/C10H17N5O3/c1-8(2-3-10(17)18)4-5-11-9(16)6-15-7-12-13-14-15/h7-8H,2-6H2,1H3,(H,11,16)(H,17,18). The number of aromatic nitrogens is 4. The Balaban J connectivity index is 2.09. The highest BCUT2D eigenvalue weighted by Gasteiger charge is 2.07. The van der Waals surface area contributed by atoms with E-state index in [0.29, 0.717) is 13.0 Å². The van der Waals surface area contributed by atoms with Crippen LogP contribution in [0.5, 0.6) is 0 Å². The van der Waals surface area contributed by atoms with Crippen LogP contribution in [0.4, 0.5) is 0 Å². The lowest BCUT2D eigenvalue weighted by Crippen LogP contribution is -2.29. The lowest BCUT2D eigenvalue weighted by Gasteiger charge is -2.10. The zero-order valence-corrected chi connectivity index (χ0v) is 10.2. The second-order valence-corrected chi connectivity index (χ2v) is 4.18. The van der Waals surface area contributed by atoms with Gasteiger partial charge in [0.25, 0.3) is 0 Å². The number of rotatable bonds is 8. The lowest BCUT2D eigenvalue weighted by atomic mass is 10.0. The van der Waals surface area contributed by atoms with Gasteiger partial charge in [0.05, 0.1) is 0 Å². The van der Waals surface area contributed by atoms with Gasteiger partial charge in [0, 0.05) is 13.0 Å². The minimum absolute atomic E-state index is 0.0938. The largest absolute Gasteiger partial charge is 0.481 e. The Kier molecular flexibility index (Phi) is 5.75. The van der Waals surface area contributed by atoms with Gasteiger partial charge < -0.3 is 10.4 Å². The third-order valence-electron chi connectivity index (χ3n) is 2.51. The van der Waals surface area contributed by atoms with Crippen molar-refractivity contribution in [1.82, 2.24) is 25.5 Å². The maximum atomic E-state index is 11.4. The number of hydrogen-bond acceptors (Lipinski definition) is 5. The summed E-state index contributed by atoms with van der Waals surface area (Å²) in [7, 11) is 0. The monoisotopic (exact) mass is 255 g/mol. The number of tetrazole rings is 1. The molecule has 0 bridgehead atoms. The van der Waals surface area contributed by atoms with Crippen LogP contribution in [-0.4, -0.2) is 43.7 Å². The molecule has 1 atom stereocenters. The normalized spacial score (nSPS) is 12.1. The van der Waals surface area contributed by atoms with Gasteiger partial charge in [-0.1, -0.05) is 6.92 Å². The molecule has 0 aromatic carbocycles. The number of nitrogens with one attached hydrogen (secondary N) is 1. The number of carbonyl (C=O) groups excluding carboxylic acids is 1. The Morgan fingerprint density at radius 2 is 2.22 bits per heavy atom. The number of aliphatic carboxylic acids is 1. The van der Waals surface area contributed by atoms with Crippen LogP contribution >= 0.6 is 0 Å². The molecule has 1 unspecified atom stereocenters. The Hall–Kier alpha value is -1.99. The maximum Gasteiger partial charge on any atom is 0.303 e. The van der Waals surface area contributed by atoms with Crippen molar-refractivity contribution in [2.45, 2.75) is 32.7 Å². The molecule has 0 spiro atoms. The van der Waals surface area contributed by atoms with Crippen LogP contribution in [0.3, 0.4) is 0 Å². The molecule has 0 aliphatic rings. The fourth-order valence-electron chi connectivity index (χ4n) is 1.43. The summed E-state index contributed by atoms with van der Waals surface area (Å²) in [5.41, 5.74) is 0. The molecule has 1 rings (SSSR count). The fraction of sp³-hybridized carbons (Fsp3) is 0.700. The molecule has 0 saturated carbocycles. The van der Waals surface area contributed by atoms with E-state index in [9.17, 15) is 9.59 Å². The van der Waals surface area contributed by atoms with Gasteiger partial charge in [-0.3, -0.25) is 9.59 Å². The van der Waals surface area contributed by atoms with Crippen LogP contribution in [-0.2, 0) is 16.1 Å². The van der Waals surface area contributed by atoms with Crippen molar-refractivity contribution in [3.05, 3.63) is 6.33 Å². The smallest absolute Gasteiger partial charge is 0.303 e. The van der Waals surface area contributed by atoms with Crippen molar-refractivity contribution in [1.29, 1.82) is 0 Å². The molecule has 1 aromatic heterocycles. The SMILES string of the molecule is CC(CCNC(=O)Cn1cnnn1)CCC(=O)O. The molecule has 0 fully saturated rings. The summed E-state index contributed by atoms with van der Waals surface area (Å²) in [4.78, 5) is 21.8. The van der Waals surface area contributed by atoms with Crippen LogP contribution < -0.4 is 5.32 Å². The van der Waals surface area contributed by atoms with Gasteiger partial charge >= 0.3 is 5.97 Å². The zero-order chi connectivity index (χ0) is 13.4. The van der Waals surface area contributed by atoms with E-state index in [4.69, 9.17) is 5.11 Å². The van der Waals surface area contributed by atoms with Crippen LogP contribution in [0.15, 0.2) is 6.33 Å². The van der Waals surface area contributed by atoms with Crippen LogP contribution in [0.1, 0.15) is 26.2 Å². The summed E-state index contributed by atoms with van der Waals surface area (Å²) < 4.78 is 1.34. The average Bonchev–Trinajstić information content (AvgIpc) is 2.79. The fourth-order valence-corrected chi connectivity index (χ4v) is 1.43. The molecule has 1 amide bonds. The molecule has 18 heavy (non-hydrogen) atoms. The van der Waals surface area contributed by atoms with E-state index in [-0.39, 0.29) is 24.8 Å². The second kappa shape index (κ2) is 7.36. The van der Waals surface area contributed by atoms with Crippen LogP contribution in [0.2, 0.25) is 0 Å². The number of amides is 1. The molecule has 0 aliphatic heterocycles. The third kappa shape index (κ3) is 5.92. The summed E-state index contributed by atoms with van der Waals surface area (Å²) in [5, 5.41) is 21.7. The molecular formula is C10H17N5O3. The Bertz CT molecular complexity index is 379. The first-order valence-electron chi connectivity index (χ1n) is 5.77. The van der Waals surface area contributed by atoms with Gasteiger partial charge in [-0.25, -0.2) is 4.68 Å². The van der Waals surface area contributed by atoms with E-state index in [2.05, 4.69) is 20.8 Å². The van der Waals surface area contributed by atoms with Gasteiger partial charge in [0.1, 0.15) is 12.9 Å². The van der Waals surface area contributed by atoms with Crippen LogP contribution in [0, 0.1) is 5.92 Å². The van der Waals surface area contributed by atoms with Gasteiger partial charge in [0.2, 0.25) is 5.91 Å². The quantitative estimate of drug-likeness (QED) is 0.658. The van der Waals surface area contributed by atoms with E-state index in [1.807, 2.05) is 6.92 Å². The number of carbonyl (C=O) groups is 2. The molecule has 8 nitrogen and oxygen atoms in total. The summed E-state index contributed by atoms with van der Waals surface area (Å²) in [6.45, 7) is 2.59. The summed E-state index contributed by atoms with van der Waals surface area (Å²) in [6, 6.07) is 0. The summed E-state index contributed by atoms with van der Waals surface area (Å²) in [6.07, 6.45) is 2.92. The van der Waals surface area contributed by atoms with Crippen molar-refractivity contribution in [2.75, 3.05) is 6.54 Å². The minimum Gasteiger partial charge on any atom is -0.481 e. The topological polar surface area (TPSA) is 110 Å². The average molecular weight is 255 g/mol. The zero-order valence-electron chi connectivity index (χ0n) is 10.2. The third-order valence-corrected chi connectivity index (χ3v) is 2.51. The predicted octanol–water partition coefficient (Wildman–Crippen LogP) is -0.320. The molecule has 2 N–H and O–H groups in total. The van der Waals surface area contributed by atoms with Gasteiger partial charge in [-0.05, 0) is 29.2 Å². The number of carboxylic acids is 1. The highest BCUT2D eigenvalue weighted by atomic mass is 16.4. The van der Waals surface area contributed by atoms with Crippen molar-refractivity contribution >= 4 is 11.9 Å². The summed E-state index contributed by atoms with van der Waals surface area (Å²) in [5.74, 6) is -0.674. The van der Waals surface area contributed by atoms with E-state index in [1.165, 1.54) is 11.0 Å².